The third-order valence-corrected chi connectivity index (χ3v) is 5.75. The first kappa shape index (κ1) is 26.1. The molecule has 2 N–H and O–H groups in total. The Labute approximate surface area is 218 Å². The van der Waals surface area contributed by atoms with Gasteiger partial charge in [0.2, 0.25) is 0 Å². The van der Waals surface area contributed by atoms with Crippen LogP contribution in [0.15, 0.2) is 60.2 Å². The highest BCUT2D eigenvalue weighted by Gasteiger charge is 2.14. The maximum atomic E-state index is 12.5. The van der Waals surface area contributed by atoms with E-state index in [1.165, 1.54) is 18.2 Å². The first-order valence-electron chi connectivity index (χ1n) is 10.3. The maximum absolute atomic E-state index is 12.5. The van der Waals surface area contributed by atoms with E-state index in [0.29, 0.717) is 22.0 Å². The third-order valence-electron chi connectivity index (χ3n) is 4.94. The first-order valence-corrected chi connectivity index (χ1v) is 11.5. The zero-order valence-electron chi connectivity index (χ0n) is 18.8. The lowest BCUT2D eigenvalue weighted by atomic mass is 10.1. The standard InChI is InChI=1S/C26H20Cl3N3O3/c1-15-3-6-21(9-16(15)2)31-24(33)14-35-25-22(28)11-17(12-23(25)29)10-18(13-30)26(34)32-20-7-4-19(27)5-8-20/h3-12H,14H2,1-2H3,(H,31,33)(H,32,34)/b18-10-. The molecule has 0 atom stereocenters. The molecule has 3 aromatic rings. The van der Waals surface area contributed by atoms with Crippen LogP contribution in [0.2, 0.25) is 15.1 Å². The van der Waals surface area contributed by atoms with E-state index >= 15 is 0 Å². The largest absolute Gasteiger partial charge is 0.481 e. The van der Waals surface area contributed by atoms with Gasteiger partial charge in [0.1, 0.15) is 11.6 Å². The molecule has 0 aromatic heterocycles. The highest BCUT2D eigenvalue weighted by Crippen LogP contribution is 2.35. The van der Waals surface area contributed by atoms with E-state index in [-0.39, 0.29) is 33.9 Å². The maximum Gasteiger partial charge on any atom is 0.266 e. The summed E-state index contributed by atoms with van der Waals surface area (Å²) in [7, 11) is 0. The van der Waals surface area contributed by atoms with Crippen molar-refractivity contribution in [2.75, 3.05) is 17.2 Å². The van der Waals surface area contributed by atoms with Crippen molar-refractivity contribution in [2.24, 2.45) is 0 Å². The molecule has 0 aliphatic carbocycles. The van der Waals surface area contributed by atoms with E-state index in [9.17, 15) is 14.9 Å². The Bertz CT molecular complexity index is 1320. The summed E-state index contributed by atoms with van der Waals surface area (Å²) in [6.45, 7) is 3.63. The fourth-order valence-electron chi connectivity index (χ4n) is 3.00. The Kier molecular flexibility index (Phi) is 8.78. The molecule has 6 nitrogen and oxygen atoms in total. The van der Waals surface area contributed by atoms with E-state index in [1.807, 2.05) is 32.0 Å². The van der Waals surface area contributed by atoms with Crippen molar-refractivity contribution in [1.29, 1.82) is 5.26 Å². The fraction of sp³-hybridized carbons (Fsp3) is 0.115. The highest BCUT2D eigenvalue weighted by atomic mass is 35.5. The van der Waals surface area contributed by atoms with Crippen LogP contribution in [0.3, 0.4) is 0 Å². The summed E-state index contributed by atoms with van der Waals surface area (Å²) < 4.78 is 5.53. The minimum Gasteiger partial charge on any atom is -0.481 e. The number of halogens is 3. The van der Waals surface area contributed by atoms with Gasteiger partial charge in [0.15, 0.2) is 12.4 Å². The predicted octanol–water partition coefficient (Wildman–Crippen LogP) is 6.83. The smallest absolute Gasteiger partial charge is 0.266 e. The molecular formula is C26H20Cl3N3O3. The SMILES string of the molecule is Cc1ccc(NC(=O)COc2c(Cl)cc(/C=C(/C#N)C(=O)Nc3ccc(Cl)cc3)cc2Cl)cc1C. The second kappa shape index (κ2) is 11.8. The van der Waals surface area contributed by atoms with Gasteiger partial charge in [-0.25, -0.2) is 0 Å². The molecule has 2 amide bonds. The van der Waals surface area contributed by atoms with Gasteiger partial charge >= 0.3 is 0 Å². The van der Waals surface area contributed by atoms with Crippen molar-refractivity contribution in [2.45, 2.75) is 13.8 Å². The molecule has 3 aromatic carbocycles. The number of hydrogen-bond acceptors (Lipinski definition) is 4. The summed E-state index contributed by atoms with van der Waals surface area (Å²) in [5.74, 6) is -0.870. The lowest BCUT2D eigenvalue weighted by molar-refractivity contribution is -0.118. The normalized spacial score (nSPS) is 10.9. The van der Waals surface area contributed by atoms with Gasteiger partial charge in [0.05, 0.1) is 10.0 Å². The second-order valence-corrected chi connectivity index (χ2v) is 8.83. The summed E-state index contributed by atoms with van der Waals surface area (Å²) in [6.07, 6.45) is 1.35. The molecule has 0 saturated heterocycles. The van der Waals surface area contributed by atoms with Gasteiger partial charge in [0.25, 0.3) is 11.8 Å². The number of benzene rings is 3. The number of aryl methyl sites for hydroxylation is 2. The van der Waals surface area contributed by atoms with Crippen molar-refractivity contribution in [3.05, 3.63) is 91.9 Å². The van der Waals surface area contributed by atoms with Crippen LogP contribution in [-0.4, -0.2) is 18.4 Å². The number of amides is 2. The molecule has 35 heavy (non-hydrogen) atoms. The molecule has 0 fully saturated rings. The molecule has 3 rings (SSSR count). The zero-order valence-corrected chi connectivity index (χ0v) is 21.1. The fourth-order valence-corrected chi connectivity index (χ4v) is 3.74. The molecule has 178 valence electrons. The summed E-state index contributed by atoms with van der Waals surface area (Å²) in [5.41, 5.74) is 3.56. The molecule has 0 aliphatic rings. The minimum atomic E-state index is -0.606. The van der Waals surface area contributed by atoms with Gasteiger partial charge in [-0.3, -0.25) is 9.59 Å². The number of nitriles is 1. The predicted molar refractivity (Wildman–Crippen MR) is 140 cm³/mol. The van der Waals surface area contributed by atoms with Crippen LogP contribution < -0.4 is 15.4 Å². The number of rotatable bonds is 7. The summed E-state index contributed by atoms with van der Waals surface area (Å²) in [6, 6.07) is 16.9. The van der Waals surface area contributed by atoms with Crippen LogP contribution in [-0.2, 0) is 9.59 Å². The number of nitrogens with one attached hydrogen (secondary N) is 2. The van der Waals surface area contributed by atoms with Crippen LogP contribution in [0.5, 0.6) is 5.75 Å². The van der Waals surface area contributed by atoms with Crippen molar-refractivity contribution >= 4 is 64.1 Å². The van der Waals surface area contributed by atoms with Crippen molar-refractivity contribution in [1.82, 2.24) is 0 Å². The van der Waals surface area contributed by atoms with Crippen LogP contribution in [0, 0.1) is 25.2 Å². The molecule has 0 heterocycles. The Hall–Kier alpha value is -3.50. The number of carbonyl (C=O) groups is 2. The lowest BCUT2D eigenvalue weighted by Gasteiger charge is -2.12. The van der Waals surface area contributed by atoms with E-state index in [0.717, 1.165) is 11.1 Å². The van der Waals surface area contributed by atoms with Crippen molar-refractivity contribution in [3.63, 3.8) is 0 Å². The number of nitrogens with zero attached hydrogens (tertiary/aromatic N) is 1. The van der Waals surface area contributed by atoms with Crippen LogP contribution >= 0.6 is 34.8 Å². The molecule has 0 bridgehead atoms. The average molecular weight is 529 g/mol. The van der Waals surface area contributed by atoms with Gasteiger partial charge in [-0.15, -0.1) is 0 Å². The number of ether oxygens (including phenoxy) is 1. The van der Waals surface area contributed by atoms with Gasteiger partial charge < -0.3 is 15.4 Å². The van der Waals surface area contributed by atoms with Crippen LogP contribution in [0.1, 0.15) is 16.7 Å². The molecule has 9 heteroatoms. The molecule has 0 radical (unpaired) electrons. The Morgan fingerprint density at radius 2 is 1.54 bits per heavy atom. The highest BCUT2D eigenvalue weighted by molar-refractivity contribution is 6.37. The average Bonchev–Trinajstić information content (AvgIpc) is 2.80. The Morgan fingerprint density at radius 3 is 2.14 bits per heavy atom. The number of hydrogen-bond donors (Lipinski definition) is 2. The summed E-state index contributed by atoms with van der Waals surface area (Å²) in [5, 5.41) is 15.6. The first-order chi connectivity index (χ1) is 16.7. The topological polar surface area (TPSA) is 91.2 Å². The summed E-state index contributed by atoms with van der Waals surface area (Å²) >= 11 is 18.4. The minimum absolute atomic E-state index is 0.116. The quantitative estimate of drug-likeness (QED) is 0.260. The monoisotopic (exact) mass is 527 g/mol. The third kappa shape index (κ3) is 7.24. The zero-order chi connectivity index (χ0) is 25.5. The van der Waals surface area contributed by atoms with Gasteiger partial charge in [-0.2, -0.15) is 5.26 Å². The Balaban J connectivity index is 1.68. The van der Waals surface area contributed by atoms with E-state index < -0.39 is 5.91 Å². The number of carbonyl (C=O) groups excluding carboxylic acids is 2. The summed E-state index contributed by atoms with van der Waals surface area (Å²) in [4.78, 5) is 24.7. The van der Waals surface area contributed by atoms with Gasteiger partial charge in [-0.1, -0.05) is 40.9 Å². The lowest BCUT2D eigenvalue weighted by Crippen LogP contribution is -2.20. The second-order valence-electron chi connectivity index (χ2n) is 7.58. The molecule has 0 unspecified atom stereocenters. The van der Waals surface area contributed by atoms with E-state index in [4.69, 9.17) is 39.5 Å². The molecule has 0 aliphatic heterocycles. The van der Waals surface area contributed by atoms with E-state index in [1.54, 1.807) is 30.3 Å². The van der Waals surface area contributed by atoms with Crippen LogP contribution in [0.25, 0.3) is 6.08 Å². The molecule has 0 saturated carbocycles. The van der Waals surface area contributed by atoms with Crippen molar-refractivity contribution in [3.8, 4) is 11.8 Å². The molecular weight excluding hydrogens is 509 g/mol. The van der Waals surface area contributed by atoms with Crippen LogP contribution in [0.4, 0.5) is 11.4 Å². The number of anilines is 2. The Morgan fingerprint density at radius 1 is 0.914 bits per heavy atom. The van der Waals surface area contributed by atoms with Gasteiger partial charge in [-0.05, 0) is 85.1 Å². The molecule has 0 spiro atoms. The van der Waals surface area contributed by atoms with E-state index in [2.05, 4.69) is 10.6 Å². The van der Waals surface area contributed by atoms with Gasteiger partial charge in [0, 0.05) is 16.4 Å². The van der Waals surface area contributed by atoms with Crippen molar-refractivity contribution < 1.29 is 14.3 Å².